The molecule has 0 aliphatic carbocycles. The van der Waals surface area contributed by atoms with Gasteiger partial charge in [-0.2, -0.15) is 0 Å². The molecule has 0 unspecified atom stereocenters. The Labute approximate surface area is 126 Å². The topological polar surface area (TPSA) is 90.7 Å². The highest BCUT2D eigenvalue weighted by atomic mass is 19.1. The molecule has 1 fully saturated rings. The van der Waals surface area contributed by atoms with E-state index in [4.69, 9.17) is 9.47 Å². The lowest BCUT2D eigenvalue weighted by molar-refractivity contribution is -0.384. The maximum atomic E-state index is 13.0. The van der Waals surface area contributed by atoms with Crippen LogP contribution in [0.25, 0.3) is 0 Å². The molecule has 1 aliphatic heterocycles. The van der Waals surface area contributed by atoms with Crippen molar-refractivity contribution < 1.29 is 23.6 Å². The molecule has 22 heavy (non-hydrogen) atoms. The molecule has 0 radical (unpaired) electrons. The lowest BCUT2D eigenvalue weighted by atomic mass is 10.2. The zero-order valence-corrected chi connectivity index (χ0v) is 12.1. The van der Waals surface area contributed by atoms with E-state index >= 15 is 0 Å². The third-order valence-electron chi connectivity index (χ3n) is 3.34. The summed E-state index contributed by atoms with van der Waals surface area (Å²) in [6, 6.07) is 2.95. The molecule has 8 heteroatoms. The fourth-order valence-corrected chi connectivity index (χ4v) is 2.10. The Kier molecular flexibility index (Phi) is 5.40. The predicted octanol–water partition coefficient (Wildman–Crippen LogP) is 2.26. The number of carbonyl (C=O) groups excluding carboxylic acids is 1. The minimum absolute atomic E-state index is 0.0181. The number of ether oxygens (including phenoxy) is 2. The van der Waals surface area contributed by atoms with Crippen LogP contribution in [-0.2, 0) is 14.3 Å². The number of hydrogen-bond acceptors (Lipinski definition) is 5. The maximum Gasteiger partial charge on any atom is 0.295 e. The van der Waals surface area contributed by atoms with Gasteiger partial charge in [0, 0.05) is 6.61 Å². The summed E-state index contributed by atoms with van der Waals surface area (Å²) in [5, 5.41) is 13.2. The van der Waals surface area contributed by atoms with Gasteiger partial charge in [-0.3, -0.25) is 14.9 Å². The Hall–Kier alpha value is -2.06. The van der Waals surface area contributed by atoms with Gasteiger partial charge < -0.3 is 14.8 Å². The van der Waals surface area contributed by atoms with Crippen LogP contribution in [0.4, 0.5) is 15.8 Å². The summed E-state index contributed by atoms with van der Waals surface area (Å²) in [4.78, 5) is 22.1. The van der Waals surface area contributed by atoms with Gasteiger partial charge in [-0.05, 0) is 31.9 Å². The first-order valence-electron chi connectivity index (χ1n) is 6.95. The molecule has 0 bridgehead atoms. The second-order valence-corrected chi connectivity index (χ2v) is 5.02. The first kappa shape index (κ1) is 16.3. The lowest BCUT2D eigenvalue weighted by Gasteiger charge is -2.16. The number of hydrogen-bond donors (Lipinski definition) is 1. The predicted molar refractivity (Wildman–Crippen MR) is 76.1 cm³/mol. The van der Waals surface area contributed by atoms with Gasteiger partial charge in [-0.15, -0.1) is 0 Å². The first-order chi connectivity index (χ1) is 10.5. The van der Waals surface area contributed by atoms with Gasteiger partial charge in [0.15, 0.2) is 0 Å². The summed E-state index contributed by atoms with van der Waals surface area (Å²) >= 11 is 0. The number of benzene rings is 1. The summed E-state index contributed by atoms with van der Waals surface area (Å²) in [6.07, 6.45) is 1.04. The maximum absolute atomic E-state index is 13.0. The zero-order chi connectivity index (χ0) is 16.1. The van der Waals surface area contributed by atoms with Crippen LogP contribution in [0, 0.1) is 15.9 Å². The van der Waals surface area contributed by atoms with E-state index in [0.717, 1.165) is 31.0 Å². The highest BCUT2D eigenvalue weighted by Gasteiger charge is 2.22. The zero-order valence-electron chi connectivity index (χ0n) is 12.1. The van der Waals surface area contributed by atoms with Crippen molar-refractivity contribution in [2.24, 2.45) is 0 Å². The summed E-state index contributed by atoms with van der Waals surface area (Å²) in [6.45, 7) is 2.52. The van der Waals surface area contributed by atoms with Crippen molar-refractivity contribution in [1.82, 2.24) is 0 Å². The van der Waals surface area contributed by atoms with Gasteiger partial charge >= 0.3 is 0 Å². The molecule has 7 nitrogen and oxygen atoms in total. The van der Waals surface area contributed by atoms with Crippen LogP contribution in [0.5, 0.6) is 0 Å². The minimum Gasteiger partial charge on any atom is -0.376 e. The van der Waals surface area contributed by atoms with Crippen molar-refractivity contribution in [1.29, 1.82) is 0 Å². The second kappa shape index (κ2) is 7.28. The molecule has 1 aromatic carbocycles. The lowest BCUT2D eigenvalue weighted by Crippen LogP contribution is -2.30. The summed E-state index contributed by atoms with van der Waals surface area (Å²) < 4.78 is 23.8. The Morgan fingerprint density at radius 1 is 1.64 bits per heavy atom. The van der Waals surface area contributed by atoms with Crippen molar-refractivity contribution in [3.63, 3.8) is 0 Å². The van der Waals surface area contributed by atoms with Gasteiger partial charge in [0.1, 0.15) is 17.6 Å². The van der Waals surface area contributed by atoms with Crippen LogP contribution in [0.3, 0.4) is 0 Å². The van der Waals surface area contributed by atoms with Crippen molar-refractivity contribution in [2.75, 3.05) is 18.5 Å². The smallest absolute Gasteiger partial charge is 0.295 e. The number of halogens is 1. The van der Waals surface area contributed by atoms with Crippen LogP contribution in [-0.4, -0.2) is 36.3 Å². The molecule has 0 saturated carbocycles. The number of rotatable bonds is 6. The number of nitro benzene ring substituents is 1. The summed E-state index contributed by atoms with van der Waals surface area (Å²) in [5.41, 5.74) is -0.566. The summed E-state index contributed by atoms with van der Waals surface area (Å²) in [5.74, 6) is -1.28. The van der Waals surface area contributed by atoms with Gasteiger partial charge in [0.25, 0.3) is 11.6 Å². The van der Waals surface area contributed by atoms with E-state index in [1.165, 1.54) is 0 Å². The van der Waals surface area contributed by atoms with Crippen LogP contribution in [0.1, 0.15) is 19.8 Å². The van der Waals surface area contributed by atoms with E-state index < -0.39 is 28.4 Å². The van der Waals surface area contributed by atoms with Crippen LogP contribution in [0.15, 0.2) is 18.2 Å². The Balaban J connectivity index is 1.94. The fourth-order valence-electron chi connectivity index (χ4n) is 2.10. The first-order valence-corrected chi connectivity index (χ1v) is 6.95. The molecule has 2 atom stereocenters. The van der Waals surface area contributed by atoms with E-state index in [-0.39, 0.29) is 11.8 Å². The van der Waals surface area contributed by atoms with E-state index in [9.17, 15) is 19.3 Å². The van der Waals surface area contributed by atoms with Gasteiger partial charge in [-0.1, -0.05) is 0 Å². The average Bonchev–Trinajstić information content (AvgIpc) is 2.99. The van der Waals surface area contributed by atoms with Crippen molar-refractivity contribution in [3.8, 4) is 0 Å². The number of amides is 1. The largest absolute Gasteiger partial charge is 0.376 e. The second-order valence-electron chi connectivity index (χ2n) is 5.02. The number of nitrogens with one attached hydrogen (secondary N) is 1. The number of nitrogens with zero attached hydrogens (tertiary/aromatic N) is 1. The molecule has 1 saturated heterocycles. The van der Waals surface area contributed by atoms with Gasteiger partial charge in [-0.25, -0.2) is 4.39 Å². The third-order valence-corrected chi connectivity index (χ3v) is 3.34. The standard InChI is InChI=1S/C14H17FN2O5/c1-9(22-8-11-3-2-6-21-11)14(18)16-12-5-4-10(15)7-13(12)17(19)20/h4-5,7,9,11H,2-3,6,8H2,1H3,(H,16,18)/t9-,11-/m1/s1. The van der Waals surface area contributed by atoms with Crippen LogP contribution in [0.2, 0.25) is 0 Å². The van der Waals surface area contributed by atoms with Crippen molar-refractivity contribution in [3.05, 3.63) is 34.1 Å². The molecule has 0 aromatic heterocycles. The van der Waals surface area contributed by atoms with E-state index in [2.05, 4.69) is 5.32 Å². The Bertz CT molecular complexity index is 560. The molecule has 0 spiro atoms. The van der Waals surface area contributed by atoms with E-state index in [1.807, 2.05) is 0 Å². The highest BCUT2D eigenvalue weighted by Crippen LogP contribution is 2.25. The van der Waals surface area contributed by atoms with Crippen molar-refractivity contribution >= 4 is 17.3 Å². The minimum atomic E-state index is -0.797. The molecular weight excluding hydrogens is 295 g/mol. The molecule has 1 amide bonds. The summed E-state index contributed by atoms with van der Waals surface area (Å²) in [7, 11) is 0. The highest BCUT2D eigenvalue weighted by molar-refractivity contribution is 5.95. The van der Waals surface area contributed by atoms with Crippen LogP contribution < -0.4 is 5.32 Å². The Morgan fingerprint density at radius 3 is 3.05 bits per heavy atom. The number of anilines is 1. The normalized spacial score (nSPS) is 18.9. The molecule has 2 rings (SSSR count). The molecule has 1 aromatic rings. The van der Waals surface area contributed by atoms with Crippen molar-refractivity contribution in [2.45, 2.75) is 32.0 Å². The van der Waals surface area contributed by atoms with Crippen LogP contribution >= 0.6 is 0 Å². The number of nitro groups is 1. The quantitative estimate of drug-likeness (QED) is 0.642. The molecule has 1 aliphatic rings. The molecule has 1 N–H and O–H groups in total. The van der Waals surface area contributed by atoms with Gasteiger partial charge in [0.05, 0.1) is 23.7 Å². The fraction of sp³-hybridized carbons (Fsp3) is 0.500. The average molecular weight is 312 g/mol. The number of carbonyl (C=O) groups is 1. The monoisotopic (exact) mass is 312 g/mol. The molecule has 1 heterocycles. The molecular formula is C14H17FN2O5. The van der Waals surface area contributed by atoms with Gasteiger partial charge in [0.2, 0.25) is 0 Å². The third kappa shape index (κ3) is 4.22. The van der Waals surface area contributed by atoms with E-state index in [0.29, 0.717) is 13.2 Å². The Morgan fingerprint density at radius 2 is 2.41 bits per heavy atom. The van der Waals surface area contributed by atoms with E-state index in [1.54, 1.807) is 6.92 Å². The molecule has 120 valence electrons. The SMILES string of the molecule is C[C@@H](OC[C@H]1CCCO1)C(=O)Nc1ccc(F)cc1[N+](=O)[O-].